The number of hydrogen-bond acceptors (Lipinski definition) is 8. The molecule has 1 unspecified atom stereocenters. The third kappa shape index (κ3) is 7.52. The summed E-state index contributed by atoms with van der Waals surface area (Å²) in [4.78, 5) is 22.8. The Labute approximate surface area is 283 Å². The smallest absolute Gasteiger partial charge is 0.220 e. The van der Waals surface area contributed by atoms with E-state index in [1.165, 1.54) is 0 Å². The number of methoxy groups -OCH3 is 2. The predicted octanol–water partition coefficient (Wildman–Crippen LogP) is 6.46. The molecule has 4 heterocycles. The van der Waals surface area contributed by atoms with Crippen molar-refractivity contribution in [2.24, 2.45) is 5.92 Å². The van der Waals surface area contributed by atoms with Crippen LogP contribution in [0.15, 0.2) is 60.8 Å². The number of benzene rings is 2. The highest BCUT2D eigenvalue weighted by molar-refractivity contribution is 6.39. The number of likely N-dealkylation sites (tertiary alicyclic amines) is 1. The lowest BCUT2D eigenvalue weighted by Crippen LogP contribution is -2.47. The quantitative estimate of drug-likeness (QED) is 0.148. The molecule has 9 nitrogen and oxygen atoms in total. The van der Waals surface area contributed by atoms with Crippen LogP contribution in [0.3, 0.4) is 0 Å². The summed E-state index contributed by atoms with van der Waals surface area (Å²) in [6, 6.07) is 16.7. The van der Waals surface area contributed by atoms with Crippen molar-refractivity contribution >= 4 is 40.6 Å². The van der Waals surface area contributed by atoms with E-state index in [0.717, 1.165) is 25.1 Å². The van der Waals surface area contributed by atoms with E-state index >= 15 is 4.39 Å². The van der Waals surface area contributed by atoms with Gasteiger partial charge in [-0.1, -0.05) is 59.6 Å². The van der Waals surface area contributed by atoms with E-state index in [1.807, 2.05) is 36.4 Å². The van der Waals surface area contributed by atoms with Gasteiger partial charge < -0.3 is 25.4 Å². The van der Waals surface area contributed by atoms with Crippen LogP contribution in [0.1, 0.15) is 24.0 Å². The second kappa shape index (κ2) is 15.0. The van der Waals surface area contributed by atoms with Gasteiger partial charge in [-0.3, -0.25) is 9.69 Å². The Morgan fingerprint density at radius 2 is 1.79 bits per heavy atom. The van der Waals surface area contributed by atoms with Crippen molar-refractivity contribution in [1.29, 1.82) is 0 Å². The SMILES string of the molecule is COCC1CN(Cc2cccc(Nc3nccc(-c4cccc(-c5ccc(CNCC6CCC(=O)N6)c(OC)n5)c4Cl)c3Cl)c2F)C1. The summed E-state index contributed by atoms with van der Waals surface area (Å²) in [6.45, 7) is 4.20. The fourth-order valence-corrected chi connectivity index (χ4v) is 6.72. The monoisotopic (exact) mass is 678 g/mol. The van der Waals surface area contributed by atoms with Crippen molar-refractivity contribution in [3.63, 3.8) is 0 Å². The molecule has 3 N–H and O–H groups in total. The van der Waals surface area contributed by atoms with Gasteiger partial charge in [-0.2, -0.15) is 0 Å². The van der Waals surface area contributed by atoms with Gasteiger partial charge in [-0.15, -0.1) is 0 Å². The van der Waals surface area contributed by atoms with E-state index < -0.39 is 0 Å². The van der Waals surface area contributed by atoms with Gasteiger partial charge >= 0.3 is 0 Å². The minimum Gasteiger partial charge on any atom is -0.481 e. The number of ether oxygens (including phenoxy) is 2. The van der Waals surface area contributed by atoms with Gasteiger partial charge in [-0.05, 0) is 24.6 Å². The first-order valence-electron chi connectivity index (χ1n) is 15.6. The van der Waals surface area contributed by atoms with Crippen molar-refractivity contribution in [1.82, 2.24) is 25.5 Å². The molecule has 6 rings (SSSR count). The van der Waals surface area contributed by atoms with Crippen LogP contribution in [0.5, 0.6) is 5.88 Å². The number of carbonyl (C=O) groups excluding carboxylic acids is 1. The van der Waals surface area contributed by atoms with Gasteiger partial charge in [0.15, 0.2) is 5.82 Å². The minimum absolute atomic E-state index is 0.0916. The Bertz CT molecular complexity index is 1750. The molecule has 1 atom stereocenters. The second-order valence-corrected chi connectivity index (χ2v) is 12.7. The van der Waals surface area contributed by atoms with Crippen LogP contribution in [0.2, 0.25) is 10.0 Å². The van der Waals surface area contributed by atoms with Crippen molar-refractivity contribution in [2.45, 2.75) is 32.0 Å². The topological polar surface area (TPSA) is 101 Å². The predicted molar refractivity (Wildman–Crippen MR) is 183 cm³/mol. The lowest BCUT2D eigenvalue weighted by atomic mass is 10.00. The molecule has 2 saturated heterocycles. The van der Waals surface area contributed by atoms with E-state index in [2.05, 4.69) is 25.8 Å². The second-order valence-electron chi connectivity index (χ2n) is 11.9. The number of amides is 1. The summed E-state index contributed by atoms with van der Waals surface area (Å²) >= 11 is 13.9. The highest BCUT2D eigenvalue weighted by Gasteiger charge is 2.27. The third-order valence-corrected chi connectivity index (χ3v) is 9.33. The Morgan fingerprint density at radius 1 is 1.00 bits per heavy atom. The summed E-state index contributed by atoms with van der Waals surface area (Å²) in [5, 5.41) is 10.2. The van der Waals surface area contributed by atoms with E-state index in [1.54, 1.807) is 38.6 Å². The highest BCUT2D eigenvalue weighted by Crippen LogP contribution is 2.41. The van der Waals surface area contributed by atoms with Crippen LogP contribution < -0.4 is 20.7 Å². The largest absolute Gasteiger partial charge is 0.481 e. The summed E-state index contributed by atoms with van der Waals surface area (Å²) < 4.78 is 26.4. The average Bonchev–Trinajstić information content (AvgIpc) is 3.47. The number of pyridine rings is 2. The number of aromatic nitrogens is 2. The Balaban J connectivity index is 1.19. The first kappa shape index (κ1) is 33.1. The lowest BCUT2D eigenvalue weighted by Gasteiger charge is -2.39. The molecular weight excluding hydrogens is 642 g/mol. The molecule has 4 aromatic rings. The molecule has 0 radical (unpaired) electrons. The molecule has 0 aliphatic carbocycles. The van der Waals surface area contributed by atoms with Gasteiger partial charge in [0.1, 0.15) is 5.82 Å². The Hall–Kier alpha value is -3.80. The van der Waals surface area contributed by atoms with Crippen molar-refractivity contribution in [3.8, 4) is 28.3 Å². The molecule has 2 aromatic carbocycles. The third-order valence-electron chi connectivity index (χ3n) is 8.54. The molecule has 47 heavy (non-hydrogen) atoms. The Morgan fingerprint density at radius 3 is 2.55 bits per heavy atom. The van der Waals surface area contributed by atoms with E-state index in [0.29, 0.717) is 94.0 Å². The van der Waals surface area contributed by atoms with Crippen LogP contribution in [0, 0.1) is 11.7 Å². The highest BCUT2D eigenvalue weighted by atomic mass is 35.5. The van der Waals surface area contributed by atoms with E-state index in [9.17, 15) is 4.79 Å². The van der Waals surface area contributed by atoms with Crippen LogP contribution >= 0.6 is 23.2 Å². The molecule has 1 amide bonds. The summed E-state index contributed by atoms with van der Waals surface area (Å²) in [5.41, 5.74) is 4.44. The van der Waals surface area contributed by atoms with Crippen LogP contribution in [0.4, 0.5) is 15.9 Å². The van der Waals surface area contributed by atoms with Gasteiger partial charge in [0.25, 0.3) is 0 Å². The molecule has 2 aliphatic rings. The molecule has 246 valence electrons. The molecular formula is C35H37Cl2FN6O3. The van der Waals surface area contributed by atoms with Crippen molar-refractivity contribution in [3.05, 3.63) is 87.8 Å². The summed E-state index contributed by atoms with van der Waals surface area (Å²) in [6.07, 6.45) is 3.01. The van der Waals surface area contributed by atoms with Gasteiger partial charge in [-0.25, -0.2) is 14.4 Å². The van der Waals surface area contributed by atoms with Crippen LogP contribution in [0.25, 0.3) is 22.4 Å². The van der Waals surface area contributed by atoms with Gasteiger partial charge in [0.2, 0.25) is 11.8 Å². The first-order valence-corrected chi connectivity index (χ1v) is 16.3. The maximum absolute atomic E-state index is 15.6. The summed E-state index contributed by atoms with van der Waals surface area (Å²) in [5.74, 6) is 1.04. The zero-order chi connectivity index (χ0) is 32.9. The number of nitrogens with one attached hydrogen (secondary N) is 3. The number of carbonyl (C=O) groups is 1. The van der Waals surface area contributed by atoms with Crippen molar-refractivity contribution in [2.75, 3.05) is 45.8 Å². The number of rotatable bonds is 13. The average molecular weight is 680 g/mol. The Kier molecular flexibility index (Phi) is 10.5. The number of hydrogen-bond donors (Lipinski definition) is 3. The molecule has 2 fully saturated rings. The van der Waals surface area contributed by atoms with Gasteiger partial charge in [0.05, 0.1) is 35.1 Å². The minimum atomic E-state index is -0.338. The standard InChI is InChI=1S/C35H37Cl2FN6O3/c1-46-20-21-17-44(18-21)19-23-5-3-8-29(33(23)38)42-34-32(37)26(13-14-40-34)25-6-4-7-27(31(25)36)28-11-9-22(35(43-28)47-2)15-39-16-24-10-12-30(45)41-24/h3-9,11,13-14,21,24,39H,10,12,15-20H2,1-2H3,(H,40,42)(H,41,45). The maximum Gasteiger partial charge on any atom is 0.220 e. The van der Waals surface area contributed by atoms with E-state index in [4.69, 9.17) is 37.7 Å². The molecule has 0 saturated carbocycles. The van der Waals surface area contributed by atoms with E-state index in [-0.39, 0.29) is 17.8 Å². The zero-order valence-corrected chi connectivity index (χ0v) is 27.8. The normalized spacial score (nSPS) is 16.6. The molecule has 2 aliphatic heterocycles. The number of nitrogens with zero attached hydrogens (tertiary/aromatic N) is 3. The van der Waals surface area contributed by atoms with Crippen LogP contribution in [-0.4, -0.2) is 67.3 Å². The fourth-order valence-electron chi connectivity index (χ4n) is 6.13. The molecule has 2 aromatic heterocycles. The number of anilines is 2. The maximum atomic E-state index is 15.6. The fraction of sp³-hybridized carbons (Fsp3) is 0.343. The first-order chi connectivity index (χ1) is 22.8. The molecule has 12 heteroatoms. The van der Waals surface area contributed by atoms with Gasteiger partial charge in [0, 0.05) is 92.2 Å². The number of halogens is 3. The zero-order valence-electron chi connectivity index (χ0n) is 26.3. The van der Waals surface area contributed by atoms with Crippen molar-refractivity contribution < 1.29 is 18.7 Å². The summed E-state index contributed by atoms with van der Waals surface area (Å²) in [7, 11) is 3.28. The lowest BCUT2D eigenvalue weighted by molar-refractivity contribution is -0.119. The molecule has 0 spiro atoms. The van der Waals surface area contributed by atoms with Crippen LogP contribution in [-0.2, 0) is 22.6 Å². The molecule has 0 bridgehead atoms.